The number of H-pyrrole nitrogens is 1. The molecule has 12 nitrogen and oxygen atoms in total. The number of hydrogen-bond donors (Lipinski definition) is 4. The number of carbonyl (C=O) groups excluding carboxylic acids is 5. The number of aromatic amines is 1. The molecule has 0 radical (unpaired) electrons. The molecule has 4 aliphatic rings. The molecule has 2 aliphatic carbocycles. The van der Waals surface area contributed by atoms with Crippen molar-refractivity contribution in [1.29, 1.82) is 0 Å². The van der Waals surface area contributed by atoms with E-state index in [4.69, 9.17) is 4.98 Å². The van der Waals surface area contributed by atoms with E-state index >= 15 is 0 Å². The van der Waals surface area contributed by atoms with Crippen molar-refractivity contribution < 1.29 is 24.0 Å². The molecule has 12 heteroatoms. The molecule has 1 aromatic heterocycles. The number of carbonyl (C=O) groups is 5. The number of aromatic nitrogens is 2. The largest absolute Gasteiger partial charge is 0.348 e. The second-order valence-corrected chi connectivity index (χ2v) is 17.5. The van der Waals surface area contributed by atoms with Gasteiger partial charge in [-0.25, -0.2) is 4.98 Å². The van der Waals surface area contributed by atoms with Gasteiger partial charge in [0.25, 0.3) is 0 Å². The maximum absolute atomic E-state index is 14.1. The molecule has 326 valence electrons. The Labute approximate surface area is 373 Å². The van der Waals surface area contributed by atoms with E-state index in [-0.39, 0.29) is 53.5 Å². The van der Waals surface area contributed by atoms with Crippen LogP contribution in [0.4, 0.5) is 0 Å². The predicted molar refractivity (Wildman–Crippen MR) is 242 cm³/mol. The van der Waals surface area contributed by atoms with E-state index in [0.29, 0.717) is 31.5 Å². The Kier molecular flexibility index (Phi) is 12.4. The minimum atomic E-state index is -0.835. The molecule has 0 bridgehead atoms. The Morgan fingerprint density at radius 3 is 1.67 bits per heavy atom. The fraction of sp³-hybridized carbons (Fsp3) is 0.346. The van der Waals surface area contributed by atoms with Gasteiger partial charge in [-0.2, -0.15) is 0 Å². The van der Waals surface area contributed by atoms with Crippen LogP contribution >= 0.6 is 0 Å². The van der Waals surface area contributed by atoms with Crippen LogP contribution in [0, 0.1) is 23.7 Å². The van der Waals surface area contributed by atoms with Crippen molar-refractivity contribution in [3.8, 4) is 23.1 Å². The van der Waals surface area contributed by atoms with Gasteiger partial charge in [0.05, 0.1) is 24.0 Å². The second kappa shape index (κ2) is 18.8. The molecule has 3 heterocycles. The second-order valence-electron chi connectivity index (χ2n) is 17.5. The first-order valence-corrected chi connectivity index (χ1v) is 22.6. The lowest BCUT2D eigenvalue weighted by atomic mass is 10.0. The summed E-state index contributed by atoms with van der Waals surface area (Å²) in [7, 11) is 0. The van der Waals surface area contributed by atoms with Gasteiger partial charge in [0, 0.05) is 36.1 Å². The third-order valence-electron chi connectivity index (χ3n) is 12.8. The molecule has 2 saturated carbocycles. The minimum Gasteiger partial charge on any atom is -0.348 e. The summed E-state index contributed by atoms with van der Waals surface area (Å²) in [5.41, 5.74) is 5.86. The predicted octanol–water partition coefficient (Wildman–Crippen LogP) is 6.84. The fourth-order valence-electron chi connectivity index (χ4n) is 8.81. The monoisotopic (exact) mass is 855 g/mol. The quantitative estimate of drug-likeness (QED) is 0.0951. The highest BCUT2D eigenvalue weighted by Crippen LogP contribution is 2.36. The average molecular weight is 856 g/mol. The van der Waals surface area contributed by atoms with Gasteiger partial charge >= 0.3 is 0 Å². The molecule has 64 heavy (non-hydrogen) atoms. The van der Waals surface area contributed by atoms with Gasteiger partial charge in [-0.05, 0) is 105 Å². The van der Waals surface area contributed by atoms with Crippen LogP contribution < -0.4 is 16.0 Å². The number of likely N-dealkylation sites (tertiary alicyclic amines) is 2. The molecule has 5 amide bonds. The van der Waals surface area contributed by atoms with Gasteiger partial charge in [0.15, 0.2) is 0 Å². The van der Waals surface area contributed by atoms with Gasteiger partial charge < -0.3 is 30.7 Å². The van der Waals surface area contributed by atoms with Crippen molar-refractivity contribution in [2.45, 2.75) is 88.5 Å². The van der Waals surface area contributed by atoms with E-state index in [9.17, 15) is 24.0 Å². The van der Waals surface area contributed by atoms with E-state index in [1.807, 2.05) is 121 Å². The first-order valence-electron chi connectivity index (χ1n) is 22.6. The number of nitrogens with one attached hydrogen (secondary N) is 4. The maximum Gasteiger partial charge on any atom is 0.250 e. The first-order chi connectivity index (χ1) is 31.2. The average Bonchev–Trinajstić information content (AvgIpc) is 4.20. The van der Waals surface area contributed by atoms with Gasteiger partial charge in [-0.15, -0.1) is 0 Å². The van der Waals surface area contributed by atoms with Crippen molar-refractivity contribution in [2.24, 2.45) is 11.8 Å². The third-order valence-corrected chi connectivity index (χ3v) is 12.8. The number of nitrogens with zero attached hydrogens (tertiary/aromatic N) is 3. The van der Waals surface area contributed by atoms with Crippen LogP contribution in [0.25, 0.3) is 11.3 Å². The maximum atomic E-state index is 14.1. The van der Waals surface area contributed by atoms with Gasteiger partial charge in [-0.1, -0.05) is 96.8 Å². The van der Waals surface area contributed by atoms with Gasteiger partial charge in [0.2, 0.25) is 29.5 Å². The van der Waals surface area contributed by atoms with E-state index in [2.05, 4.69) is 32.8 Å². The summed E-state index contributed by atoms with van der Waals surface area (Å²) in [4.78, 5) is 78.9. The SMILES string of the molecule is C[C@H](NC(=O)[C@@H]1CCCN1C(=O)[C@H](NC(=O)C1CC1)c1ccccc1)c1ccc(C#Cc2ccc(-c3cnc([C@@H]4CCCN4C(=O)[C@H](NC(=O)C4CC4)c4ccccc4)[nH]3)cc2)cc1. The summed E-state index contributed by atoms with van der Waals surface area (Å²) in [6, 6.07) is 31.7. The zero-order valence-electron chi connectivity index (χ0n) is 36.0. The molecule has 0 spiro atoms. The number of amides is 5. The molecule has 2 saturated heterocycles. The lowest BCUT2D eigenvalue weighted by Crippen LogP contribution is -2.50. The van der Waals surface area contributed by atoms with Crippen molar-refractivity contribution in [3.63, 3.8) is 0 Å². The minimum absolute atomic E-state index is 0.00685. The zero-order valence-corrected chi connectivity index (χ0v) is 36.0. The Bertz CT molecular complexity index is 2560. The molecule has 9 rings (SSSR count). The van der Waals surface area contributed by atoms with Crippen LogP contribution in [0.2, 0.25) is 0 Å². The van der Waals surface area contributed by atoms with Crippen molar-refractivity contribution in [3.05, 3.63) is 149 Å². The van der Waals surface area contributed by atoms with E-state index in [0.717, 1.165) is 77.9 Å². The summed E-state index contributed by atoms with van der Waals surface area (Å²) < 4.78 is 0. The van der Waals surface area contributed by atoms with Crippen LogP contribution in [-0.2, 0) is 24.0 Å². The summed E-state index contributed by atoms with van der Waals surface area (Å²) in [6.07, 6.45) is 8.08. The summed E-state index contributed by atoms with van der Waals surface area (Å²) in [6.45, 7) is 2.97. The van der Waals surface area contributed by atoms with Crippen LogP contribution in [-0.4, -0.2) is 68.4 Å². The van der Waals surface area contributed by atoms with Crippen molar-refractivity contribution in [1.82, 2.24) is 35.7 Å². The lowest BCUT2D eigenvalue weighted by molar-refractivity contribution is -0.142. The highest BCUT2D eigenvalue weighted by atomic mass is 16.2. The number of hydrogen-bond acceptors (Lipinski definition) is 6. The van der Waals surface area contributed by atoms with Gasteiger partial charge in [-0.3, -0.25) is 24.0 Å². The first kappa shape index (κ1) is 42.3. The molecular formula is C52H53N7O5. The fourth-order valence-corrected chi connectivity index (χ4v) is 8.81. The Balaban J connectivity index is 0.801. The van der Waals surface area contributed by atoms with E-state index in [1.54, 1.807) is 11.1 Å². The summed E-state index contributed by atoms with van der Waals surface area (Å²) in [5, 5.41) is 9.12. The zero-order chi connectivity index (χ0) is 44.2. The highest BCUT2D eigenvalue weighted by Gasteiger charge is 2.41. The lowest BCUT2D eigenvalue weighted by Gasteiger charge is -2.30. The molecule has 5 atom stereocenters. The normalized spacial score (nSPS) is 19.5. The molecule has 2 aliphatic heterocycles. The summed E-state index contributed by atoms with van der Waals surface area (Å²) in [5.74, 6) is 6.39. The molecule has 5 aromatic rings. The summed E-state index contributed by atoms with van der Waals surface area (Å²) >= 11 is 0. The number of benzene rings is 4. The van der Waals surface area contributed by atoms with Crippen LogP contribution in [0.1, 0.15) is 116 Å². The van der Waals surface area contributed by atoms with Gasteiger partial charge in [0.1, 0.15) is 23.9 Å². The standard InChI is InChI=1S/C52H53N7O5/c1-33(54-50(62)44-15-9-31-59(44)52(64)46(39-12-6-3-7-13-39)57-49(61)41-28-29-41)36-22-18-34(19-23-36)16-17-35-20-24-37(25-21-35)42-32-53-47(55-42)43-14-8-30-58(43)51(63)45(38-10-4-2-5-11-38)56-48(60)40-26-27-40/h2-7,10-13,18-25,32-33,40-41,43-46H,8-9,14-15,26-31H2,1H3,(H,53,55)(H,54,62)(H,56,60)(H,57,61)/t33-,43-,44-,45+,46+/m0/s1. The Morgan fingerprint density at radius 2 is 1.11 bits per heavy atom. The topological polar surface area (TPSA) is 157 Å². The molecule has 4 aromatic carbocycles. The van der Waals surface area contributed by atoms with Crippen LogP contribution in [0.15, 0.2) is 115 Å². The number of imidazole rings is 1. The number of rotatable bonds is 13. The Morgan fingerprint density at radius 1 is 0.594 bits per heavy atom. The van der Waals surface area contributed by atoms with E-state index in [1.165, 1.54) is 0 Å². The van der Waals surface area contributed by atoms with Crippen LogP contribution in [0.5, 0.6) is 0 Å². The molecule has 4 fully saturated rings. The Hall–Kier alpha value is -7.00. The van der Waals surface area contributed by atoms with Crippen LogP contribution in [0.3, 0.4) is 0 Å². The van der Waals surface area contributed by atoms with Crippen molar-refractivity contribution in [2.75, 3.05) is 13.1 Å². The van der Waals surface area contributed by atoms with Crippen molar-refractivity contribution >= 4 is 29.5 Å². The van der Waals surface area contributed by atoms with E-state index < -0.39 is 18.1 Å². The molecular weight excluding hydrogens is 803 g/mol. The molecule has 0 unspecified atom stereocenters. The smallest absolute Gasteiger partial charge is 0.250 e. The third kappa shape index (κ3) is 9.64. The molecule has 4 N–H and O–H groups in total. The highest BCUT2D eigenvalue weighted by molar-refractivity contribution is 5.94.